The molecular formula is C26H25F7N6O5. The maximum absolute atomic E-state index is 13.4. The highest BCUT2D eigenvalue weighted by Gasteiger charge is 2.44. The number of pyridine rings is 1. The molecule has 2 aliphatic rings. The molecule has 2 N–H and O–H groups in total. The van der Waals surface area contributed by atoms with Gasteiger partial charge in [0.05, 0.1) is 12.1 Å². The fourth-order valence-corrected chi connectivity index (χ4v) is 4.76. The highest BCUT2D eigenvalue weighted by Crippen LogP contribution is 2.39. The zero-order chi connectivity index (χ0) is 32.9. The van der Waals surface area contributed by atoms with E-state index in [4.69, 9.17) is 19.8 Å². The number of carboxylic acid groups (broad SMARTS) is 2. The van der Waals surface area contributed by atoms with Crippen molar-refractivity contribution in [2.75, 3.05) is 26.7 Å². The number of halogens is 7. The molecule has 0 atom stereocenters. The molecule has 3 aromatic rings. The van der Waals surface area contributed by atoms with Crippen LogP contribution in [0.1, 0.15) is 29.0 Å². The highest BCUT2D eigenvalue weighted by molar-refractivity contribution is 5.94. The van der Waals surface area contributed by atoms with Crippen LogP contribution in [0.3, 0.4) is 0 Å². The second-order valence-electron chi connectivity index (χ2n) is 9.81. The first-order chi connectivity index (χ1) is 20.4. The summed E-state index contributed by atoms with van der Waals surface area (Å²) in [5.41, 5.74) is 1.33. The van der Waals surface area contributed by atoms with Crippen LogP contribution in [0.15, 0.2) is 48.8 Å². The van der Waals surface area contributed by atoms with E-state index >= 15 is 0 Å². The van der Waals surface area contributed by atoms with Gasteiger partial charge in [-0.2, -0.15) is 26.3 Å². The van der Waals surface area contributed by atoms with E-state index in [1.54, 1.807) is 36.7 Å². The first-order valence-electron chi connectivity index (χ1n) is 12.6. The molecule has 18 heteroatoms. The zero-order valence-electron chi connectivity index (χ0n) is 22.8. The Bertz CT molecular complexity index is 1430. The average molecular weight is 635 g/mol. The first-order valence-corrected chi connectivity index (χ1v) is 12.6. The van der Waals surface area contributed by atoms with Crippen LogP contribution in [0.2, 0.25) is 0 Å². The number of carboxylic acids is 2. The number of amides is 1. The van der Waals surface area contributed by atoms with E-state index in [1.165, 1.54) is 12.1 Å². The average Bonchev–Trinajstić information content (AvgIpc) is 3.38. The molecule has 0 saturated carbocycles. The van der Waals surface area contributed by atoms with Gasteiger partial charge in [-0.1, -0.05) is 0 Å². The highest BCUT2D eigenvalue weighted by atomic mass is 19.4. The summed E-state index contributed by atoms with van der Waals surface area (Å²) in [7, 11) is 2.09. The molecule has 1 aromatic carbocycles. The molecule has 0 radical (unpaired) electrons. The predicted molar refractivity (Wildman–Crippen MR) is 136 cm³/mol. The standard InChI is InChI=1S/C22H23FN6O.2C2HF3O2/c1-27-14-19-25-26-20(16-2-4-18(23)5-3-16)29(19)22(15-27)8-12-28(13-9-22)21(30)17-6-10-24-11-7-17;2*3-2(4,5)1(6)7/h2-7,10-11H,8-9,12-15H2,1H3;2*(H,6,7). The minimum Gasteiger partial charge on any atom is -0.475 e. The number of fused-ring (bicyclic) bond motifs is 2. The number of carbonyl (C=O) groups is 3. The smallest absolute Gasteiger partial charge is 0.475 e. The number of carbonyl (C=O) groups excluding carboxylic acids is 1. The topological polar surface area (TPSA) is 142 Å². The molecule has 238 valence electrons. The maximum Gasteiger partial charge on any atom is 0.490 e. The number of piperidine rings is 1. The minimum atomic E-state index is -5.08. The maximum atomic E-state index is 13.4. The second-order valence-corrected chi connectivity index (χ2v) is 9.81. The number of aliphatic carboxylic acids is 2. The van der Waals surface area contributed by atoms with Crippen LogP contribution in [0.25, 0.3) is 11.4 Å². The van der Waals surface area contributed by atoms with Gasteiger partial charge in [0.15, 0.2) is 5.82 Å². The summed E-state index contributed by atoms with van der Waals surface area (Å²) in [5, 5.41) is 23.2. The molecule has 44 heavy (non-hydrogen) atoms. The Hall–Kier alpha value is -4.61. The molecule has 1 saturated heterocycles. The second kappa shape index (κ2) is 13.4. The van der Waals surface area contributed by atoms with E-state index in [9.17, 15) is 35.5 Å². The van der Waals surface area contributed by atoms with Gasteiger partial charge in [0.25, 0.3) is 5.91 Å². The Morgan fingerprint density at radius 1 is 0.841 bits per heavy atom. The van der Waals surface area contributed by atoms with Crippen LogP contribution < -0.4 is 0 Å². The SMILES string of the molecule is CN1Cc2nnc(-c3ccc(F)cc3)n2C2(CCN(C(=O)c3ccncc3)CC2)C1.O=C(O)C(F)(F)F.O=C(O)C(F)(F)F. The summed E-state index contributed by atoms with van der Waals surface area (Å²) >= 11 is 0. The molecule has 2 aromatic heterocycles. The third-order valence-corrected chi connectivity index (χ3v) is 6.68. The zero-order valence-corrected chi connectivity index (χ0v) is 22.8. The van der Waals surface area contributed by atoms with Gasteiger partial charge < -0.3 is 19.7 Å². The van der Waals surface area contributed by atoms with E-state index in [-0.39, 0.29) is 17.3 Å². The number of benzene rings is 1. The summed E-state index contributed by atoms with van der Waals surface area (Å²) in [6.07, 6.45) is -5.25. The number of hydrogen-bond donors (Lipinski definition) is 2. The van der Waals surface area contributed by atoms with Gasteiger partial charge in [-0.15, -0.1) is 10.2 Å². The molecule has 5 rings (SSSR count). The van der Waals surface area contributed by atoms with Gasteiger partial charge in [0.2, 0.25) is 0 Å². The molecule has 1 fully saturated rings. The Morgan fingerprint density at radius 2 is 1.34 bits per heavy atom. The number of aromatic nitrogens is 4. The van der Waals surface area contributed by atoms with Crippen molar-refractivity contribution in [2.45, 2.75) is 37.3 Å². The fraction of sp³-hybridized carbons (Fsp3) is 0.385. The fourth-order valence-electron chi connectivity index (χ4n) is 4.76. The van der Waals surface area contributed by atoms with Gasteiger partial charge in [0, 0.05) is 43.2 Å². The van der Waals surface area contributed by atoms with Crippen LogP contribution in [0.5, 0.6) is 0 Å². The third kappa shape index (κ3) is 8.27. The molecular weight excluding hydrogens is 609 g/mol. The van der Waals surface area contributed by atoms with E-state index in [2.05, 4.69) is 31.7 Å². The van der Waals surface area contributed by atoms with Crippen molar-refractivity contribution in [1.29, 1.82) is 0 Å². The van der Waals surface area contributed by atoms with Crippen molar-refractivity contribution >= 4 is 17.8 Å². The summed E-state index contributed by atoms with van der Waals surface area (Å²) < 4.78 is 79.2. The summed E-state index contributed by atoms with van der Waals surface area (Å²) in [6, 6.07) is 9.92. The first kappa shape index (κ1) is 33.9. The van der Waals surface area contributed by atoms with Crippen LogP contribution in [0.4, 0.5) is 30.7 Å². The van der Waals surface area contributed by atoms with Crippen LogP contribution in [0, 0.1) is 5.82 Å². The summed E-state index contributed by atoms with van der Waals surface area (Å²) in [4.78, 5) is 38.8. The van der Waals surface area contributed by atoms with Crippen molar-refractivity contribution in [1.82, 2.24) is 29.5 Å². The largest absolute Gasteiger partial charge is 0.490 e. The van der Waals surface area contributed by atoms with Crippen molar-refractivity contribution in [3.63, 3.8) is 0 Å². The Morgan fingerprint density at radius 3 is 1.82 bits per heavy atom. The molecule has 0 bridgehead atoms. The molecule has 1 amide bonds. The van der Waals surface area contributed by atoms with E-state index in [0.29, 0.717) is 18.7 Å². The molecule has 11 nitrogen and oxygen atoms in total. The normalized spacial score (nSPS) is 16.1. The van der Waals surface area contributed by atoms with Crippen LogP contribution in [-0.4, -0.2) is 96.6 Å². The number of alkyl halides is 6. The number of rotatable bonds is 2. The van der Waals surface area contributed by atoms with Crippen molar-refractivity contribution in [2.24, 2.45) is 0 Å². The van der Waals surface area contributed by atoms with Gasteiger partial charge in [-0.05, 0) is 56.3 Å². The number of likely N-dealkylation sites (tertiary alicyclic amines) is 1. The lowest BCUT2D eigenvalue weighted by molar-refractivity contribution is -0.193. The molecule has 0 unspecified atom stereocenters. The van der Waals surface area contributed by atoms with Gasteiger partial charge in [-0.25, -0.2) is 14.0 Å². The monoisotopic (exact) mass is 634 g/mol. The van der Waals surface area contributed by atoms with Crippen molar-refractivity contribution < 1.29 is 55.3 Å². The van der Waals surface area contributed by atoms with Gasteiger partial charge in [0.1, 0.15) is 11.6 Å². The molecule has 0 aliphatic carbocycles. The van der Waals surface area contributed by atoms with Crippen LogP contribution in [-0.2, 0) is 21.7 Å². The predicted octanol–water partition coefficient (Wildman–Crippen LogP) is 3.82. The van der Waals surface area contributed by atoms with Crippen molar-refractivity contribution in [3.05, 3.63) is 66.0 Å². The molecule has 2 aliphatic heterocycles. The number of nitrogens with zero attached hydrogens (tertiary/aromatic N) is 6. The van der Waals surface area contributed by atoms with E-state index in [1.807, 2.05) is 4.90 Å². The van der Waals surface area contributed by atoms with Crippen molar-refractivity contribution in [3.8, 4) is 11.4 Å². The summed E-state index contributed by atoms with van der Waals surface area (Å²) in [5.74, 6) is -4.06. The lowest BCUT2D eigenvalue weighted by atomic mass is 9.84. The molecule has 1 spiro atoms. The lowest BCUT2D eigenvalue weighted by Crippen LogP contribution is -2.56. The third-order valence-electron chi connectivity index (χ3n) is 6.68. The number of likely N-dealkylation sites (N-methyl/N-ethyl adjacent to an activating group) is 1. The summed E-state index contributed by atoms with van der Waals surface area (Å²) in [6.45, 7) is 2.91. The van der Waals surface area contributed by atoms with E-state index < -0.39 is 24.3 Å². The minimum absolute atomic E-state index is 0.0409. The van der Waals surface area contributed by atoms with Crippen LogP contribution >= 0.6 is 0 Å². The Labute approximate surface area is 244 Å². The quantitative estimate of drug-likeness (QED) is 0.403. The Balaban J connectivity index is 0.000000317. The number of hydrogen-bond acceptors (Lipinski definition) is 7. The van der Waals surface area contributed by atoms with Gasteiger partial charge in [-0.3, -0.25) is 14.7 Å². The van der Waals surface area contributed by atoms with Gasteiger partial charge >= 0.3 is 24.3 Å². The lowest BCUT2D eigenvalue weighted by Gasteiger charge is -2.48. The Kier molecular flexibility index (Phi) is 10.3. The molecule has 4 heterocycles. The van der Waals surface area contributed by atoms with E-state index in [0.717, 1.165) is 43.1 Å².